The molecule has 4 nitrogen and oxygen atoms in total. The molecule has 1 aromatic carbocycles. The molecule has 0 spiro atoms. The molecule has 2 unspecified atom stereocenters. The van der Waals surface area contributed by atoms with E-state index in [1.54, 1.807) is 0 Å². The normalized spacial score (nSPS) is 22.8. The van der Waals surface area contributed by atoms with E-state index >= 15 is 0 Å². The van der Waals surface area contributed by atoms with E-state index < -0.39 is 0 Å². The summed E-state index contributed by atoms with van der Waals surface area (Å²) >= 11 is 0. The van der Waals surface area contributed by atoms with Gasteiger partial charge in [-0.05, 0) is 36.3 Å². The van der Waals surface area contributed by atoms with E-state index in [4.69, 9.17) is 10.5 Å². The van der Waals surface area contributed by atoms with E-state index in [0.717, 1.165) is 19.5 Å². The first kappa shape index (κ1) is 17.0. The lowest BCUT2D eigenvalue weighted by Gasteiger charge is -2.36. The second-order valence-corrected chi connectivity index (χ2v) is 6.51. The molecule has 1 aliphatic rings. The third-order valence-electron chi connectivity index (χ3n) is 4.29. The standard InChI is InChI=1S/C18H28N2O2/c1-4-22-18(21)12-20-10-16(9-17(19)11-20)15-7-5-14(6-8-15)13(2)3/h5-8,13,16-17H,4,9-12,19H2,1-3H3. The Balaban J connectivity index is 2.02. The monoisotopic (exact) mass is 304 g/mol. The molecule has 2 atom stereocenters. The van der Waals surface area contributed by atoms with Gasteiger partial charge in [-0.25, -0.2) is 0 Å². The first-order valence-electron chi connectivity index (χ1n) is 8.23. The summed E-state index contributed by atoms with van der Waals surface area (Å²) in [6.45, 7) is 8.63. The van der Waals surface area contributed by atoms with Gasteiger partial charge in [0.05, 0.1) is 13.2 Å². The first-order chi connectivity index (χ1) is 10.5. The van der Waals surface area contributed by atoms with Gasteiger partial charge in [0.1, 0.15) is 0 Å². The number of hydrogen-bond acceptors (Lipinski definition) is 4. The number of nitrogens with two attached hydrogens (primary N) is 1. The quantitative estimate of drug-likeness (QED) is 0.849. The molecule has 122 valence electrons. The van der Waals surface area contributed by atoms with E-state index in [0.29, 0.717) is 25.0 Å². The van der Waals surface area contributed by atoms with Crippen LogP contribution in [-0.2, 0) is 9.53 Å². The van der Waals surface area contributed by atoms with Crippen molar-refractivity contribution in [1.82, 2.24) is 4.90 Å². The second kappa shape index (κ2) is 7.75. The number of ether oxygens (including phenoxy) is 1. The Bertz CT molecular complexity index is 484. The molecule has 1 aliphatic heterocycles. The fourth-order valence-electron chi connectivity index (χ4n) is 3.15. The highest BCUT2D eigenvalue weighted by Crippen LogP contribution is 2.27. The third-order valence-corrected chi connectivity index (χ3v) is 4.29. The predicted octanol–water partition coefficient (Wildman–Crippen LogP) is 2.49. The van der Waals surface area contributed by atoms with Crippen molar-refractivity contribution < 1.29 is 9.53 Å². The predicted molar refractivity (Wildman–Crippen MR) is 88.9 cm³/mol. The molecule has 1 fully saturated rings. The average molecular weight is 304 g/mol. The SMILES string of the molecule is CCOC(=O)CN1CC(N)CC(c2ccc(C(C)C)cc2)C1. The van der Waals surface area contributed by atoms with Gasteiger partial charge in [-0.3, -0.25) is 9.69 Å². The Morgan fingerprint density at radius 1 is 1.32 bits per heavy atom. The zero-order valence-electron chi connectivity index (χ0n) is 13.9. The summed E-state index contributed by atoms with van der Waals surface area (Å²) in [5, 5.41) is 0. The van der Waals surface area contributed by atoms with E-state index in [2.05, 4.69) is 43.0 Å². The zero-order chi connectivity index (χ0) is 16.1. The summed E-state index contributed by atoms with van der Waals surface area (Å²) in [6, 6.07) is 8.94. The highest BCUT2D eigenvalue weighted by atomic mass is 16.5. The van der Waals surface area contributed by atoms with Crippen LogP contribution in [0.2, 0.25) is 0 Å². The summed E-state index contributed by atoms with van der Waals surface area (Å²) in [4.78, 5) is 13.8. The van der Waals surface area contributed by atoms with Crippen LogP contribution in [0.1, 0.15) is 50.2 Å². The Hall–Kier alpha value is -1.39. The number of piperidine rings is 1. The smallest absolute Gasteiger partial charge is 0.320 e. The molecule has 0 bridgehead atoms. The number of carbonyl (C=O) groups excluding carboxylic acids is 1. The fraction of sp³-hybridized carbons (Fsp3) is 0.611. The molecule has 22 heavy (non-hydrogen) atoms. The van der Waals surface area contributed by atoms with Crippen molar-refractivity contribution in [3.8, 4) is 0 Å². The number of carbonyl (C=O) groups is 1. The van der Waals surface area contributed by atoms with Gasteiger partial charge < -0.3 is 10.5 Å². The van der Waals surface area contributed by atoms with E-state index in [-0.39, 0.29) is 12.0 Å². The van der Waals surface area contributed by atoms with Crippen LogP contribution < -0.4 is 5.73 Å². The van der Waals surface area contributed by atoms with Crippen LogP contribution >= 0.6 is 0 Å². The molecule has 2 N–H and O–H groups in total. The second-order valence-electron chi connectivity index (χ2n) is 6.51. The van der Waals surface area contributed by atoms with Crippen molar-refractivity contribution in [2.75, 3.05) is 26.2 Å². The number of likely N-dealkylation sites (tertiary alicyclic amines) is 1. The molecule has 0 aromatic heterocycles. The maximum Gasteiger partial charge on any atom is 0.320 e. The fourth-order valence-corrected chi connectivity index (χ4v) is 3.15. The lowest BCUT2D eigenvalue weighted by Crippen LogP contribution is -2.48. The lowest BCUT2D eigenvalue weighted by atomic mass is 9.87. The van der Waals surface area contributed by atoms with Gasteiger partial charge in [-0.15, -0.1) is 0 Å². The highest BCUT2D eigenvalue weighted by molar-refractivity contribution is 5.71. The van der Waals surface area contributed by atoms with Crippen molar-refractivity contribution in [2.45, 2.75) is 45.1 Å². The molecular weight excluding hydrogens is 276 g/mol. The Morgan fingerprint density at radius 2 is 2.00 bits per heavy atom. The number of benzene rings is 1. The van der Waals surface area contributed by atoms with Crippen molar-refractivity contribution >= 4 is 5.97 Å². The topological polar surface area (TPSA) is 55.6 Å². The number of hydrogen-bond donors (Lipinski definition) is 1. The summed E-state index contributed by atoms with van der Waals surface area (Å²) in [6.07, 6.45) is 0.973. The zero-order valence-corrected chi connectivity index (χ0v) is 13.9. The molecular formula is C18H28N2O2. The van der Waals surface area contributed by atoms with Gasteiger partial charge in [0.25, 0.3) is 0 Å². The van der Waals surface area contributed by atoms with Crippen molar-refractivity contribution in [3.05, 3.63) is 35.4 Å². The van der Waals surface area contributed by atoms with Crippen molar-refractivity contribution in [1.29, 1.82) is 0 Å². The van der Waals surface area contributed by atoms with E-state index in [9.17, 15) is 4.79 Å². The van der Waals surface area contributed by atoms with Crippen LogP contribution in [0.25, 0.3) is 0 Å². The highest BCUT2D eigenvalue weighted by Gasteiger charge is 2.27. The summed E-state index contributed by atoms with van der Waals surface area (Å²) in [5.74, 6) is 0.771. The van der Waals surface area contributed by atoms with Crippen LogP contribution in [-0.4, -0.2) is 43.2 Å². The van der Waals surface area contributed by atoms with Gasteiger partial charge >= 0.3 is 5.97 Å². The molecule has 2 rings (SSSR count). The molecule has 4 heteroatoms. The van der Waals surface area contributed by atoms with Crippen molar-refractivity contribution in [2.24, 2.45) is 5.73 Å². The minimum Gasteiger partial charge on any atom is -0.465 e. The number of rotatable bonds is 5. The summed E-state index contributed by atoms with van der Waals surface area (Å²) in [5.41, 5.74) is 8.85. The van der Waals surface area contributed by atoms with Gasteiger partial charge in [-0.2, -0.15) is 0 Å². The van der Waals surface area contributed by atoms with E-state index in [1.807, 2.05) is 6.92 Å². The number of esters is 1. The lowest BCUT2D eigenvalue weighted by molar-refractivity contribution is -0.144. The van der Waals surface area contributed by atoms with Gasteiger partial charge in [0.2, 0.25) is 0 Å². The van der Waals surface area contributed by atoms with Crippen LogP contribution in [0.3, 0.4) is 0 Å². The summed E-state index contributed by atoms with van der Waals surface area (Å²) < 4.78 is 5.04. The Labute approximate surface area is 133 Å². The minimum atomic E-state index is -0.162. The largest absolute Gasteiger partial charge is 0.465 e. The molecule has 1 heterocycles. The van der Waals surface area contributed by atoms with Gasteiger partial charge in [-0.1, -0.05) is 38.1 Å². The van der Waals surface area contributed by atoms with E-state index in [1.165, 1.54) is 11.1 Å². The molecule has 1 saturated heterocycles. The molecule has 0 radical (unpaired) electrons. The van der Waals surface area contributed by atoms with Crippen LogP contribution in [0.15, 0.2) is 24.3 Å². The molecule has 0 amide bonds. The third kappa shape index (κ3) is 4.55. The van der Waals surface area contributed by atoms with Gasteiger partial charge in [0, 0.05) is 19.1 Å². The molecule has 0 aliphatic carbocycles. The summed E-state index contributed by atoms with van der Waals surface area (Å²) in [7, 11) is 0. The maximum atomic E-state index is 11.7. The Kier molecular flexibility index (Phi) is 5.98. The maximum absolute atomic E-state index is 11.7. The average Bonchev–Trinajstić information content (AvgIpc) is 2.47. The van der Waals surface area contributed by atoms with Crippen LogP contribution in [0.4, 0.5) is 0 Å². The molecule has 1 aromatic rings. The minimum absolute atomic E-state index is 0.109. The van der Waals surface area contributed by atoms with Gasteiger partial charge in [0.15, 0.2) is 0 Å². The van der Waals surface area contributed by atoms with Crippen LogP contribution in [0, 0.1) is 0 Å². The first-order valence-corrected chi connectivity index (χ1v) is 8.23. The molecule has 0 saturated carbocycles. The number of nitrogens with zero attached hydrogens (tertiary/aromatic N) is 1. The Morgan fingerprint density at radius 3 is 2.59 bits per heavy atom. The van der Waals surface area contributed by atoms with Crippen LogP contribution in [0.5, 0.6) is 0 Å². The van der Waals surface area contributed by atoms with Crippen molar-refractivity contribution in [3.63, 3.8) is 0 Å².